The predicted octanol–water partition coefficient (Wildman–Crippen LogP) is 8.48. The highest BCUT2D eigenvalue weighted by atomic mass is 35.5. The molecule has 1 aliphatic heterocycles. The Bertz CT molecular complexity index is 1870. The summed E-state index contributed by atoms with van der Waals surface area (Å²) in [5.41, 5.74) is 3.23. The van der Waals surface area contributed by atoms with Gasteiger partial charge in [-0.15, -0.1) is 12.4 Å². The van der Waals surface area contributed by atoms with E-state index in [4.69, 9.17) is 30.5 Å². The molecule has 2 N–H and O–H groups in total. The second kappa shape index (κ2) is 20.5. The number of ether oxygens (including phenoxy) is 4. The van der Waals surface area contributed by atoms with E-state index in [1.54, 1.807) is 49.5 Å². The number of rotatable bonds is 17. The van der Waals surface area contributed by atoms with Crippen LogP contribution in [-0.2, 0) is 27.3 Å². The largest absolute Gasteiger partial charge is 0.497 e. The zero-order chi connectivity index (χ0) is 38.7. The maximum atomic E-state index is 14.4. The highest BCUT2D eigenvalue weighted by Crippen LogP contribution is 2.45. The number of amides is 2. The molecule has 0 spiro atoms. The van der Waals surface area contributed by atoms with E-state index in [1.165, 1.54) is 11.6 Å². The highest BCUT2D eigenvalue weighted by Gasteiger charge is 2.40. The first-order valence-electron chi connectivity index (χ1n) is 18.4. The molecule has 296 valence electrons. The van der Waals surface area contributed by atoms with Crippen molar-refractivity contribution >= 4 is 41.5 Å². The number of fused-ring (bicyclic) bond motifs is 1. The van der Waals surface area contributed by atoms with Crippen molar-refractivity contribution in [2.24, 2.45) is 5.41 Å². The molecule has 55 heavy (non-hydrogen) atoms. The molecule has 2 atom stereocenters. The molecule has 0 bridgehead atoms. The summed E-state index contributed by atoms with van der Waals surface area (Å²) in [6, 6.07) is 25.3. The van der Waals surface area contributed by atoms with E-state index in [0.717, 1.165) is 38.1 Å². The van der Waals surface area contributed by atoms with Gasteiger partial charge in [0.1, 0.15) is 23.8 Å². The Hall–Kier alpha value is -4.35. The molecule has 5 rings (SSSR count). The molecular weight excluding hydrogens is 744 g/mol. The number of benzene rings is 4. The van der Waals surface area contributed by atoms with E-state index in [1.807, 2.05) is 57.2 Å². The lowest BCUT2D eigenvalue weighted by atomic mass is 9.94. The molecule has 1 aliphatic rings. The molecule has 0 unspecified atom stereocenters. The van der Waals surface area contributed by atoms with Gasteiger partial charge in [-0.25, -0.2) is 4.39 Å². The van der Waals surface area contributed by atoms with E-state index in [9.17, 15) is 14.0 Å². The van der Waals surface area contributed by atoms with Crippen LogP contribution in [0.5, 0.6) is 17.2 Å². The van der Waals surface area contributed by atoms with Gasteiger partial charge in [0.15, 0.2) is 11.5 Å². The third-order valence-electron chi connectivity index (χ3n) is 9.07. The number of nitrogens with one attached hydrogen (secondary N) is 2. The van der Waals surface area contributed by atoms with Gasteiger partial charge in [0.25, 0.3) is 5.91 Å². The van der Waals surface area contributed by atoms with Gasteiger partial charge >= 0.3 is 0 Å². The summed E-state index contributed by atoms with van der Waals surface area (Å²) >= 11 is 6.59. The van der Waals surface area contributed by atoms with Crippen LogP contribution in [0.25, 0.3) is 0 Å². The quantitative estimate of drug-likeness (QED) is 0.104. The molecule has 0 aliphatic carbocycles. The fourth-order valence-electron chi connectivity index (χ4n) is 6.44. The lowest BCUT2D eigenvalue weighted by Gasteiger charge is -2.31. The number of hydrogen-bond donors (Lipinski definition) is 2. The second-order valence-corrected chi connectivity index (χ2v) is 15.0. The van der Waals surface area contributed by atoms with Gasteiger partial charge in [0.2, 0.25) is 5.91 Å². The molecule has 12 heteroatoms. The number of hydrogen-bond acceptors (Lipinski definition) is 7. The van der Waals surface area contributed by atoms with Crippen molar-refractivity contribution in [2.45, 2.75) is 65.2 Å². The van der Waals surface area contributed by atoms with E-state index in [-0.39, 0.29) is 36.7 Å². The van der Waals surface area contributed by atoms with Crippen molar-refractivity contribution in [3.8, 4) is 17.2 Å². The van der Waals surface area contributed by atoms with Crippen molar-refractivity contribution < 1.29 is 32.9 Å². The molecule has 1 heterocycles. The van der Waals surface area contributed by atoms with Gasteiger partial charge in [-0.1, -0.05) is 74.8 Å². The zero-order valence-electron chi connectivity index (χ0n) is 32.2. The van der Waals surface area contributed by atoms with Crippen LogP contribution < -0.4 is 29.7 Å². The van der Waals surface area contributed by atoms with Gasteiger partial charge < -0.3 is 34.5 Å². The molecule has 0 saturated heterocycles. The van der Waals surface area contributed by atoms with Crippen LogP contribution in [0, 0.1) is 11.2 Å². The van der Waals surface area contributed by atoms with Gasteiger partial charge in [0.05, 0.1) is 27.2 Å². The topological polar surface area (TPSA) is 98.4 Å². The number of methoxy groups -OCH3 is 2. The first-order chi connectivity index (χ1) is 26.0. The van der Waals surface area contributed by atoms with Crippen molar-refractivity contribution in [2.75, 3.05) is 45.4 Å². The number of nitrogens with zero attached hydrogens (tertiary/aromatic N) is 1. The average molecular weight is 797 g/mol. The Morgan fingerprint density at radius 1 is 0.927 bits per heavy atom. The highest BCUT2D eigenvalue weighted by molar-refractivity contribution is 6.30. The van der Waals surface area contributed by atoms with Crippen molar-refractivity contribution in [1.82, 2.24) is 10.6 Å². The van der Waals surface area contributed by atoms with Gasteiger partial charge in [-0.2, -0.15) is 0 Å². The molecular formula is C43H52Cl2FN3O6. The minimum Gasteiger partial charge on any atom is -0.497 e. The number of anilines is 1. The van der Waals surface area contributed by atoms with E-state index < -0.39 is 23.9 Å². The number of carbonyl (C=O) groups is 2. The first kappa shape index (κ1) is 43.4. The Balaban J connectivity index is 0.00000673. The van der Waals surface area contributed by atoms with Gasteiger partial charge in [-0.05, 0) is 85.8 Å². The maximum Gasteiger partial charge on any atom is 0.256 e. The third-order valence-corrected chi connectivity index (χ3v) is 9.31. The summed E-state index contributed by atoms with van der Waals surface area (Å²) in [4.78, 5) is 29.4. The number of halogens is 3. The maximum absolute atomic E-state index is 14.4. The molecule has 0 saturated carbocycles. The van der Waals surface area contributed by atoms with Gasteiger partial charge in [0, 0.05) is 40.5 Å². The molecule has 0 fully saturated rings. The fourth-order valence-corrected chi connectivity index (χ4v) is 6.63. The van der Waals surface area contributed by atoms with Crippen LogP contribution in [0.1, 0.15) is 68.4 Å². The van der Waals surface area contributed by atoms with Crippen molar-refractivity contribution in [3.63, 3.8) is 0 Å². The number of carbonyl (C=O) groups excluding carboxylic acids is 2. The van der Waals surface area contributed by atoms with Crippen LogP contribution in [0.15, 0.2) is 84.9 Å². The number of aryl methyl sites for hydroxylation is 1. The summed E-state index contributed by atoms with van der Waals surface area (Å²) in [5.74, 6) is 0.613. The molecule has 0 radical (unpaired) electrons. The average Bonchev–Trinajstić information content (AvgIpc) is 3.25. The normalized spacial score (nSPS) is 15.4. The van der Waals surface area contributed by atoms with E-state index >= 15 is 0 Å². The lowest BCUT2D eigenvalue weighted by Crippen LogP contribution is -2.45. The Labute approximate surface area is 335 Å². The van der Waals surface area contributed by atoms with Crippen molar-refractivity contribution in [1.29, 1.82) is 0 Å². The zero-order valence-corrected chi connectivity index (χ0v) is 33.7. The molecule has 4 aromatic rings. The van der Waals surface area contributed by atoms with Gasteiger partial charge in [-0.3, -0.25) is 9.59 Å². The van der Waals surface area contributed by atoms with Crippen LogP contribution in [0.3, 0.4) is 0 Å². The SMILES string of the molecule is COc1ccc(CCCNCCCOc2cccc([C@@H]3O[C@@H](CC(=O)NCc4ccccc4F)C(=O)N(CC(C)(C)C)c4ccc(Cl)cc43)c2OC)cc1.Cl. The first-order valence-corrected chi connectivity index (χ1v) is 18.7. The van der Waals surface area contributed by atoms with Crippen LogP contribution in [0.2, 0.25) is 5.02 Å². The summed E-state index contributed by atoms with van der Waals surface area (Å²) in [6.07, 6.45) is 0.470. The summed E-state index contributed by atoms with van der Waals surface area (Å²) in [6.45, 7) is 8.57. The Kier molecular flexibility index (Phi) is 16.2. The fraction of sp³-hybridized carbons (Fsp3) is 0.395. The minimum atomic E-state index is -1.17. The Morgan fingerprint density at radius 3 is 2.38 bits per heavy atom. The number of para-hydroxylation sites is 1. The smallest absolute Gasteiger partial charge is 0.256 e. The lowest BCUT2D eigenvalue weighted by molar-refractivity contribution is -0.138. The van der Waals surface area contributed by atoms with Crippen LogP contribution in [-0.4, -0.2) is 58.4 Å². The molecule has 0 aromatic heterocycles. The summed E-state index contributed by atoms with van der Waals surface area (Å²) in [5, 5.41) is 6.71. The minimum absolute atomic E-state index is 0. The van der Waals surface area contributed by atoms with E-state index in [2.05, 4.69) is 22.8 Å². The summed E-state index contributed by atoms with van der Waals surface area (Å²) in [7, 11) is 3.23. The predicted molar refractivity (Wildman–Crippen MR) is 217 cm³/mol. The summed E-state index contributed by atoms with van der Waals surface area (Å²) < 4.78 is 38.4. The van der Waals surface area contributed by atoms with Crippen LogP contribution >= 0.6 is 24.0 Å². The standard InChI is InChI=1S/C43H51ClFN3O6.ClH/c1-43(2,3)28-48-36-21-18-31(44)25-34(36)40(54-38(42(48)50)26-39(49)47-27-30-12-6-7-14-35(30)45)33-13-8-15-37(41(33)52-5)53-24-10-23-46-22-9-11-29-16-19-32(51-4)20-17-29;/h6-8,12-21,25,38,40,46H,9-11,22-24,26-28H2,1-5H3,(H,47,49);1H/t38-,40-;/m0./s1. The third kappa shape index (κ3) is 12.1. The monoisotopic (exact) mass is 795 g/mol. The molecule has 4 aromatic carbocycles. The van der Waals surface area contributed by atoms with Crippen molar-refractivity contribution in [3.05, 3.63) is 118 Å². The molecule has 2 amide bonds. The van der Waals surface area contributed by atoms with E-state index in [0.29, 0.717) is 52.1 Å². The van der Waals surface area contributed by atoms with Crippen LogP contribution in [0.4, 0.5) is 10.1 Å². The second-order valence-electron chi connectivity index (χ2n) is 14.5. The molecule has 9 nitrogen and oxygen atoms in total. The Morgan fingerprint density at radius 2 is 1.67 bits per heavy atom.